The van der Waals surface area contributed by atoms with Crippen molar-refractivity contribution < 1.29 is 0 Å². The number of hydrazone groups is 1. The fraction of sp³-hybridized carbons (Fsp3) is 0. The monoisotopic (exact) mass is 373 g/mol. The van der Waals surface area contributed by atoms with Crippen LogP contribution in [0.4, 0.5) is 5.69 Å². The molecule has 0 amide bonds. The summed E-state index contributed by atoms with van der Waals surface area (Å²) in [5.41, 5.74) is 4.56. The van der Waals surface area contributed by atoms with Crippen LogP contribution >= 0.6 is 11.8 Å². The van der Waals surface area contributed by atoms with E-state index >= 15 is 0 Å². The molecule has 0 atom stereocenters. The van der Waals surface area contributed by atoms with Gasteiger partial charge in [0.15, 0.2) is 0 Å². The maximum atomic E-state index is 13.0. The number of fused-ring (bicyclic) bond motifs is 1. The van der Waals surface area contributed by atoms with Crippen LogP contribution in [0.2, 0.25) is 0 Å². The van der Waals surface area contributed by atoms with E-state index < -0.39 is 0 Å². The molecular formula is C20H15N5OS. The van der Waals surface area contributed by atoms with Crippen LogP contribution < -0.4 is 11.0 Å². The Morgan fingerprint density at radius 3 is 2.63 bits per heavy atom. The molecule has 0 unspecified atom stereocenters. The zero-order valence-electron chi connectivity index (χ0n) is 14.2. The Bertz CT molecular complexity index is 1140. The third-order valence-corrected chi connectivity index (χ3v) is 4.69. The number of anilines is 1. The first-order valence-electron chi connectivity index (χ1n) is 8.26. The third-order valence-electron chi connectivity index (χ3n) is 3.73. The summed E-state index contributed by atoms with van der Waals surface area (Å²) >= 11 is 1.33. The number of nitrogens with one attached hydrogen (secondary N) is 1. The number of benzene rings is 1. The summed E-state index contributed by atoms with van der Waals surface area (Å²) in [6.45, 7) is 0. The predicted octanol–water partition coefficient (Wildman–Crippen LogP) is 3.69. The smallest absolute Gasteiger partial charge is 0.267 e. The van der Waals surface area contributed by atoms with Crippen LogP contribution in [0.5, 0.6) is 0 Å². The second-order valence-corrected chi connectivity index (χ2v) is 6.58. The van der Waals surface area contributed by atoms with E-state index in [1.54, 1.807) is 24.5 Å². The number of rotatable bonds is 5. The summed E-state index contributed by atoms with van der Waals surface area (Å²) in [4.78, 5) is 21.9. The Morgan fingerprint density at radius 1 is 1.00 bits per heavy atom. The summed E-state index contributed by atoms with van der Waals surface area (Å²) in [6.07, 6.45) is 4.91. The van der Waals surface area contributed by atoms with E-state index in [1.807, 2.05) is 54.6 Å². The van der Waals surface area contributed by atoms with Gasteiger partial charge < -0.3 is 0 Å². The highest BCUT2D eigenvalue weighted by Gasteiger charge is 2.13. The van der Waals surface area contributed by atoms with Gasteiger partial charge in [0.1, 0.15) is 15.7 Å². The van der Waals surface area contributed by atoms with E-state index in [0.717, 1.165) is 10.7 Å². The lowest BCUT2D eigenvalue weighted by Gasteiger charge is -2.07. The molecule has 0 bridgehead atoms. The summed E-state index contributed by atoms with van der Waals surface area (Å²) in [7, 11) is 0. The summed E-state index contributed by atoms with van der Waals surface area (Å²) in [5.74, 6) is 0. The number of aromatic nitrogens is 3. The molecule has 0 aliphatic carbocycles. The summed E-state index contributed by atoms with van der Waals surface area (Å²) in [5, 5.41) is 5.54. The lowest BCUT2D eigenvalue weighted by Crippen LogP contribution is -2.21. The van der Waals surface area contributed by atoms with Crippen molar-refractivity contribution in [1.82, 2.24) is 14.4 Å². The molecular weight excluding hydrogens is 358 g/mol. The van der Waals surface area contributed by atoms with Gasteiger partial charge in [0.05, 0.1) is 17.5 Å². The zero-order valence-corrected chi connectivity index (χ0v) is 15.0. The lowest BCUT2D eigenvalue weighted by molar-refractivity contribution is 0.973. The maximum Gasteiger partial charge on any atom is 0.267 e. The van der Waals surface area contributed by atoms with Gasteiger partial charge in [0, 0.05) is 12.4 Å². The fourth-order valence-electron chi connectivity index (χ4n) is 2.46. The number of hydrogen-bond acceptors (Lipinski definition) is 6. The van der Waals surface area contributed by atoms with Crippen LogP contribution in [-0.4, -0.2) is 20.6 Å². The van der Waals surface area contributed by atoms with Gasteiger partial charge in [-0.3, -0.25) is 14.6 Å². The van der Waals surface area contributed by atoms with E-state index in [4.69, 9.17) is 0 Å². The average molecular weight is 373 g/mol. The molecule has 0 saturated heterocycles. The Labute approximate surface area is 159 Å². The van der Waals surface area contributed by atoms with Crippen molar-refractivity contribution in [3.05, 3.63) is 95.0 Å². The molecule has 0 aliphatic heterocycles. The molecule has 4 rings (SSSR count). The highest BCUT2D eigenvalue weighted by molar-refractivity contribution is 7.99. The van der Waals surface area contributed by atoms with E-state index in [9.17, 15) is 4.79 Å². The minimum Gasteiger partial charge on any atom is -0.279 e. The van der Waals surface area contributed by atoms with E-state index in [1.165, 1.54) is 22.4 Å². The van der Waals surface area contributed by atoms with Gasteiger partial charge in [-0.2, -0.15) is 5.10 Å². The lowest BCUT2D eigenvalue weighted by atomic mass is 10.3. The molecule has 0 saturated carbocycles. The first kappa shape index (κ1) is 17.0. The molecule has 132 valence electrons. The van der Waals surface area contributed by atoms with Crippen molar-refractivity contribution in [3.8, 4) is 0 Å². The molecule has 4 aromatic rings. The minimum absolute atomic E-state index is 0.183. The Hall–Kier alpha value is -3.45. The normalized spacial score (nSPS) is 11.1. The predicted molar refractivity (Wildman–Crippen MR) is 107 cm³/mol. The first-order chi connectivity index (χ1) is 13.3. The molecule has 6 nitrogen and oxygen atoms in total. The van der Waals surface area contributed by atoms with Crippen molar-refractivity contribution in [1.29, 1.82) is 0 Å². The maximum absolute atomic E-state index is 13.0. The number of hydrogen-bond donors (Lipinski definition) is 1. The highest BCUT2D eigenvalue weighted by atomic mass is 32.2. The number of nitrogens with zero attached hydrogens (tertiary/aromatic N) is 4. The Morgan fingerprint density at radius 2 is 1.81 bits per heavy atom. The van der Waals surface area contributed by atoms with Crippen LogP contribution in [0.15, 0.2) is 99.1 Å². The van der Waals surface area contributed by atoms with Crippen LogP contribution in [0, 0.1) is 0 Å². The summed E-state index contributed by atoms with van der Waals surface area (Å²) < 4.78 is 1.51. The fourth-order valence-corrected chi connectivity index (χ4v) is 3.31. The van der Waals surface area contributed by atoms with Crippen molar-refractivity contribution in [2.45, 2.75) is 10.1 Å². The van der Waals surface area contributed by atoms with Crippen LogP contribution in [0.3, 0.4) is 0 Å². The van der Waals surface area contributed by atoms with E-state index in [2.05, 4.69) is 20.5 Å². The van der Waals surface area contributed by atoms with Crippen molar-refractivity contribution in [2.24, 2.45) is 5.10 Å². The first-order valence-corrected chi connectivity index (χ1v) is 9.07. The van der Waals surface area contributed by atoms with Gasteiger partial charge in [-0.15, -0.1) is 0 Å². The third kappa shape index (κ3) is 3.88. The second-order valence-electron chi connectivity index (χ2n) is 5.57. The van der Waals surface area contributed by atoms with Crippen molar-refractivity contribution >= 4 is 29.3 Å². The standard InChI is InChI=1S/C20H15N5OS/c26-20-16(14-22-24-15-8-2-1-3-9-15)19(27-18-11-4-6-12-21-18)23-17-10-5-7-13-25(17)20/h1-14,24H/b22-14-. The summed E-state index contributed by atoms with van der Waals surface area (Å²) in [6, 6.07) is 20.6. The average Bonchev–Trinajstić information content (AvgIpc) is 2.72. The molecule has 1 N–H and O–H groups in total. The molecule has 0 fully saturated rings. The molecule has 3 heterocycles. The molecule has 3 aromatic heterocycles. The SMILES string of the molecule is O=c1c(/C=N\Nc2ccccc2)c(Sc2ccccn2)nc2ccccn12. The van der Waals surface area contributed by atoms with Crippen LogP contribution in [0.1, 0.15) is 5.56 Å². The minimum atomic E-state index is -0.183. The van der Waals surface area contributed by atoms with Gasteiger partial charge in [-0.25, -0.2) is 9.97 Å². The highest BCUT2D eigenvalue weighted by Crippen LogP contribution is 2.25. The Balaban J connectivity index is 1.75. The molecule has 0 aliphatic rings. The van der Waals surface area contributed by atoms with E-state index in [0.29, 0.717) is 16.2 Å². The Kier molecular flexibility index (Phi) is 4.93. The molecule has 0 spiro atoms. The van der Waals surface area contributed by atoms with Gasteiger partial charge in [0.25, 0.3) is 5.56 Å². The van der Waals surface area contributed by atoms with Gasteiger partial charge in [-0.05, 0) is 48.2 Å². The van der Waals surface area contributed by atoms with Crippen molar-refractivity contribution in [2.75, 3.05) is 5.43 Å². The zero-order chi connectivity index (χ0) is 18.5. The topological polar surface area (TPSA) is 71.7 Å². The van der Waals surface area contributed by atoms with E-state index in [-0.39, 0.29) is 5.56 Å². The van der Waals surface area contributed by atoms with Gasteiger partial charge in [-0.1, -0.05) is 30.3 Å². The number of pyridine rings is 2. The van der Waals surface area contributed by atoms with Crippen LogP contribution in [0.25, 0.3) is 5.65 Å². The van der Waals surface area contributed by atoms with Crippen LogP contribution in [-0.2, 0) is 0 Å². The molecule has 0 radical (unpaired) electrons. The van der Waals surface area contributed by atoms with Crippen molar-refractivity contribution in [3.63, 3.8) is 0 Å². The van der Waals surface area contributed by atoms with Gasteiger partial charge in [0.2, 0.25) is 0 Å². The second kappa shape index (κ2) is 7.84. The number of para-hydroxylation sites is 1. The molecule has 27 heavy (non-hydrogen) atoms. The molecule has 1 aromatic carbocycles. The van der Waals surface area contributed by atoms with Gasteiger partial charge >= 0.3 is 0 Å². The quantitative estimate of drug-likeness (QED) is 0.328. The molecule has 7 heteroatoms. The largest absolute Gasteiger partial charge is 0.279 e.